The number of nitrogens with zero attached hydrogens (tertiary/aromatic N) is 2. The Morgan fingerprint density at radius 3 is 1.51 bits per heavy atom. The van der Waals surface area contributed by atoms with Crippen LogP contribution >= 0.6 is 0 Å². The van der Waals surface area contributed by atoms with Crippen molar-refractivity contribution in [1.82, 2.24) is 9.80 Å². The largest absolute Gasteiger partial charge is 0.455 e. The van der Waals surface area contributed by atoms with Crippen molar-refractivity contribution in [3.8, 4) is 23.7 Å². The molecule has 2 aromatic rings. The minimum atomic E-state index is -0.686. The third-order valence-corrected chi connectivity index (χ3v) is 7.39. The Labute approximate surface area is 258 Å². The van der Waals surface area contributed by atoms with Gasteiger partial charge in [-0.2, -0.15) is 0 Å². The monoisotopic (exact) mass is 588 g/mol. The molecule has 0 aliphatic rings. The predicted octanol–water partition coefficient (Wildman–Crippen LogP) is 5.80. The van der Waals surface area contributed by atoms with Gasteiger partial charge in [-0.3, -0.25) is 14.4 Å². The maximum absolute atomic E-state index is 12.5. The Balaban J connectivity index is 0.000000434. The van der Waals surface area contributed by atoms with E-state index in [9.17, 15) is 19.5 Å². The smallest absolute Gasteiger partial charge is 0.303 e. The van der Waals surface area contributed by atoms with Gasteiger partial charge in [0.1, 0.15) is 6.10 Å². The van der Waals surface area contributed by atoms with Gasteiger partial charge in [0.2, 0.25) is 11.8 Å². The molecule has 0 saturated heterocycles. The van der Waals surface area contributed by atoms with Crippen molar-refractivity contribution < 1.29 is 24.2 Å². The SMILES string of the molecule is CC#CC[C@H](C)C(=O)N(C)[C@H](C)[C@H](O)c1ccccc1.CC#CC[C@H](C)C(=O)N(C)[C@H](C)[C@H](OC(C)=O)c1ccccc1. The van der Waals surface area contributed by atoms with Gasteiger partial charge in [0.05, 0.1) is 18.2 Å². The number of hydrogen-bond donors (Lipinski definition) is 1. The van der Waals surface area contributed by atoms with E-state index < -0.39 is 12.2 Å². The fourth-order valence-electron chi connectivity index (χ4n) is 4.39. The van der Waals surface area contributed by atoms with E-state index in [1.165, 1.54) is 6.92 Å². The van der Waals surface area contributed by atoms with E-state index in [1.54, 1.807) is 37.7 Å². The molecule has 0 aliphatic carbocycles. The Kier molecular flexibility index (Phi) is 16.5. The number of rotatable bonds is 11. The summed E-state index contributed by atoms with van der Waals surface area (Å²) in [5, 5.41) is 10.3. The van der Waals surface area contributed by atoms with Gasteiger partial charge < -0.3 is 19.6 Å². The van der Waals surface area contributed by atoms with Crippen LogP contribution < -0.4 is 0 Å². The molecule has 0 heterocycles. The maximum atomic E-state index is 12.5. The molecule has 0 aromatic heterocycles. The molecule has 7 heteroatoms. The molecule has 0 fully saturated rings. The van der Waals surface area contributed by atoms with Crippen LogP contribution in [0.15, 0.2) is 60.7 Å². The van der Waals surface area contributed by atoms with Gasteiger partial charge in [0, 0.05) is 45.7 Å². The summed E-state index contributed by atoms with van der Waals surface area (Å²) in [7, 11) is 3.47. The number of aliphatic hydroxyl groups is 1. The second kappa shape index (κ2) is 19.2. The molecular weight excluding hydrogens is 540 g/mol. The summed E-state index contributed by atoms with van der Waals surface area (Å²) >= 11 is 0. The Hall–Kier alpha value is -4.07. The lowest BCUT2D eigenvalue weighted by atomic mass is 10.00. The van der Waals surface area contributed by atoms with Crippen LogP contribution in [0.4, 0.5) is 0 Å². The van der Waals surface area contributed by atoms with E-state index in [0.29, 0.717) is 12.8 Å². The lowest BCUT2D eigenvalue weighted by Crippen LogP contribution is -2.42. The third-order valence-electron chi connectivity index (χ3n) is 7.39. The number of carbonyl (C=O) groups excluding carboxylic acids is 3. The highest BCUT2D eigenvalue weighted by atomic mass is 16.5. The van der Waals surface area contributed by atoms with Crippen molar-refractivity contribution >= 4 is 17.8 Å². The highest BCUT2D eigenvalue weighted by Crippen LogP contribution is 2.26. The normalized spacial score (nSPS) is 14.3. The van der Waals surface area contributed by atoms with E-state index in [2.05, 4.69) is 23.7 Å². The van der Waals surface area contributed by atoms with E-state index >= 15 is 0 Å². The fourth-order valence-corrected chi connectivity index (χ4v) is 4.39. The van der Waals surface area contributed by atoms with Crippen molar-refractivity contribution in [2.75, 3.05) is 14.1 Å². The molecule has 0 saturated carbocycles. The van der Waals surface area contributed by atoms with Gasteiger partial charge >= 0.3 is 5.97 Å². The number of benzene rings is 2. The lowest BCUT2D eigenvalue weighted by Gasteiger charge is -2.33. The van der Waals surface area contributed by atoms with Crippen LogP contribution in [0.2, 0.25) is 0 Å². The van der Waals surface area contributed by atoms with Crippen molar-refractivity contribution in [2.24, 2.45) is 11.8 Å². The van der Waals surface area contributed by atoms with Gasteiger partial charge in [0.25, 0.3) is 0 Å². The van der Waals surface area contributed by atoms with E-state index in [0.717, 1.165) is 11.1 Å². The van der Waals surface area contributed by atoms with E-state index in [-0.39, 0.29) is 41.7 Å². The number of ether oxygens (including phenoxy) is 1. The minimum absolute atomic E-state index is 0.00617. The number of carbonyl (C=O) groups is 3. The first kappa shape index (κ1) is 37.0. The first-order valence-corrected chi connectivity index (χ1v) is 14.6. The van der Waals surface area contributed by atoms with Gasteiger partial charge in [-0.05, 0) is 38.8 Å². The van der Waals surface area contributed by atoms with E-state index in [4.69, 9.17) is 4.74 Å². The molecular formula is C36H48N2O5. The number of hydrogen-bond acceptors (Lipinski definition) is 5. The van der Waals surface area contributed by atoms with E-state index in [1.807, 2.05) is 88.4 Å². The number of amides is 2. The molecule has 43 heavy (non-hydrogen) atoms. The van der Waals surface area contributed by atoms with Gasteiger partial charge in [-0.15, -0.1) is 23.7 Å². The summed E-state index contributed by atoms with van der Waals surface area (Å²) < 4.78 is 5.47. The molecule has 0 unspecified atom stereocenters. The Morgan fingerprint density at radius 1 is 0.721 bits per heavy atom. The Morgan fingerprint density at radius 2 is 1.12 bits per heavy atom. The summed E-state index contributed by atoms with van der Waals surface area (Å²) in [6.45, 7) is 12.4. The quantitative estimate of drug-likeness (QED) is 0.265. The zero-order valence-electron chi connectivity index (χ0n) is 27.1. The molecule has 1 N–H and O–H groups in total. The predicted molar refractivity (Wildman–Crippen MR) is 171 cm³/mol. The van der Waals surface area contributed by atoms with Gasteiger partial charge in [-0.25, -0.2) is 0 Å². The molecule has 2 aromatic carbocycles. The van der Waals surface area contributed by atoms with Crippen molar-refractivity contribution in [3.63, 3.8) is 0 Å². The van der Waals surface area contributed by atoms with Crippen molar-refractivity contribution in [1.29, 1.82) is 0 Å². The highest BCUT2D eigenvalue weighted by molar-refractivity contribution is 5.79. The van der Waals surface area contributed by atoms with Crippen LogP contribution in [0.3, 0.4) is 0 Å². The topological polar surface area (TPSA) is 87.2 Å². The summed E-state index contributed by atoms with van der Waals surface area (Å²) in [5.41, 5.74) is 1.69. The fraction of sp³-hybridized carbons (Fsp3) is 0.472. The number of aliphatic hydroxyl groups excluding tert-OH is 1. The second-order valence-corrected chi connectivity index (χ2v) is 10.7. The molecule has 0 bridgehead atoms. The maximum Gasteiger partial charge on any atom is 0.303 e. The van der Waals surface area contributed by atoms with Crippen molar-refractivity contribution in [2.45, 2.75) is 85.6 Å². The van der Waals surface area contributed by atoms with Crippen LogP contribution in [0.5, 0.6) is 0 Å². The highest BCUT2D eigenvalue weighted by Gasteiger charge is 2.30. The average molecular weight is 589 g/mol. The molecule has 0 radical (unpaired) electrons. The standard InChI is InChI=1S/C19H25NO3.C17H23NO2/c1-6-7-11-14(2)19(22)20(5)15(3)18(23-16(4)21)17-12-9-8-10-13-17;1-5-6-10-13(2)17(20)18(4)14(3)16(19)15-11-8-7-9-12-15/h8-10,12-15,18H,11H2,1-5H3;7-9,11-14,16,19H,10H2,1-4H3/t14-,15+,18-;13-,14+,16-/m00/s1. The Bertz CT molecular complexity index is 1270. The zero-order valence-corrected chi connectivity index (χ0v) is 27.1. The molecule has 0 spiro atoms. The lowest BCUT2D eigenvalue weighted by molar-refractivity contribution is -0.154. The summed E-state index contributed by atoms with van der Waals surface area (Å²) in [4.78, 5) is 39.5. The van der Waals surface area contributed by atoms with Crippen LogP contribution in [0.25, 0.3) is 0 Å². The molecule has 6 atom stereocenters. The molecule has 0 aliphatic heterocycles. The molecule has 232 valence electrons. The summed E-state index contributed by atoms with van der Waals surface area (Å²) in [5.74, 6) is 10.8. The van der Waals surface area contributed by atoms with Crippen LogP contribution in [0, 0.1) is 35.5 Å². The third kappa shape index (κ3) is 12.0. The minimum Gasteiger partial charge on any atom is -0.455 e. The van der Waals surface area contributed by atoms with Crippen LogP contribution in [-0.4, -0.2) is 58.9 Å². The average Bonchev–Trinajstić information content (AvgIpc) is 3.03. The first-order valence-electron chi connectivity index (χ1n) is 14.6. The summed E-state index contributed by atoms with van der Waals surface area (Å²) in [6, 6.07) is 18.3. The van der Waals surface area contributed by atoms with Gasteiger partial charge in [0.15, 0.2) is 0 Å². The zero-order chi connectivity index (χ0) is 32.5. The van der Waals surface area contributed by atoms with Crippen LogP contribution in [-0.2, 0) is 19.1 Å². The molecule has 7 nitrogen and oxygen atoms in total. The van der Waals surface area contributed by atoms with Crippen LogP contribution in [0.1, 0.15) is 84.6 Å². The van der Waals surface area contributed by atoms with Crippen molar-refractivity contribution in [3.05, 3.63) is 71.8 Å². The molecule has 2 rings (SSSR count). The number of likely N-dealkylation sites (N-methyl/N-ethyl adjacent to an activating group) is 2. The number of esters is 1. The van der Waals surface area contributed by atoms with Gasteiger partial charge in [-0.1, -0.05) is 74.5 Å². The molecule has 2 amide bonds. The summed E-state index contributed by atoms with van der Waals surface area (Å²) in [6.07, 6.45) is -0.106. The second-order valence-electron chi connectivity index (χ2n) is 10.7. The first-order chi connectivity index (χ1) is 20.4.